The molecule has 0 unspecified atom stereocenters. The molecule has 1 aromatic rings. The Hall–Kier alpha value is -1.13. The molecule has 4 nitrogen and oxygen atoms in total. The standard InChI is InChI=1S/C16H27NO3.ClH/c1-5-6-7-8-9-17-12-13-10-15(19-3)16(20-4)11-14(13)18-2;/h10-11,17H,5-9,12H2,1-4H3;1H. The first kappa shape index (κ1) is 19.9. The molecule has 0 aliphatic heterocycles. The number of unbranched alkanes of at least 4 members (excludes halogenated alkanes) is 3. The highest BCUT2D eigenvalue weighted by molar-refractivity contribution is 5.85. The number of hydrogen-bond donors (Lipinski definition) is 1. The fourth-order valence-corrected chi connectivity index (χ4v) is 2.13. The van der Waals surface area contributed by atoms with Crippen LogP contribution in [0.5, 0.6) is 17.2 Å². The summed E-state index contributed by atoms with van der Waals surface area (Å²) in [4.78, 5) is 0. The van der Waals surface area contributed by atoms with Crippen LogP contribution in [0.25, 0.3) is 0 Å². The van der Waals surface area contributed by atoms with Gasteiger partial charge in [0.2, 0.25) is 0 Å². The van der Waals surface area contributed by atoms with Crippen LogP contribution in [0, 0.1) is 0 Å². The van der Waals surface area contributed by atoms with Gasteiger partial charge in [0.15, 0.2) is 11.5 Å². The third-order valence-corrected chi connectivity index (χ3v) is 3.31. The molecule has 0 saturated carbocycles. The Morgan fingerprint density at radius 2 is 1.48 bits per heavy atom. The van der Waals surface area contributed by atoms with E-state index in [-0.39, 0.29) is 12.4 Å². The van der Waals surface area contributed by atoms with Gasteiger partial charge >= 0.3 is 0 Å². The minimum Gasteiger partial charge on any atom is -0.496 e. The first-order chi connectivity index (χ1) is 9.76. The fraction of sp³-hybridized carbons (Fsp3) is 0.625. The van der Waals surface area contributed by atoms with Crippen molar-refractivity contribution < 1.29 is 14.2 Å². The fourth-order valence-electron chi connectivity index (χ4n) is 2.13. The van der Waals surface area contributed by atoms with Crippen LogP contribution >= 0.6 is 12.4 Å². The number of hydrogen-bond acceptors (Lipinski definition) is 4. The summed E-state index contributed by atoms with van der Waals surface area (Å²) in [7, 11) is 4.95. The van der Waals surface area contributed by atoms with Gasteiger partial charge in [-0.15, -0.1) is 12.4 Å². The van der Waals surface area contributed by atoms with Crippen LogP contribution in [0.4, 0.5) is 0 Å². The van der Waals surface area contributed by atoms with Gasteiger partial charge < -0.3 is 19.5 Å². The first-order valence-corrected chi connectivity index (χ1v) is 7.26. The summed E-state index contributed by atoms with van der Waals surface area (Å²) in [6.07, 6.45) is 5.07. The van der Waals surface area contributed by atoms with Crippen molar-refractivity contribution >= 4 is 12.4 Å². The molecule has 0 amide bonds. The number of benzene rings is 1. The van der Waals surface area contributed by atoms with Gasteiger partial charge in [-0.05, 0) is 19.0 Å². The zero-order valence-electron chi connectivity index (χ0n) is 13.5. The third-order valence-electron chi connectivity index (χ3n) is 3.31. The molecule has 1 aromatic carbocycles. The van der Waals surface area contributed by atoms with E-state index >= 15 is 0 Å². The van der Waals surface area contributed by atoms with Crippen molar-refractivity contribution in [1.29, 1.82) is 0 Å². The smallest absolute Gasteiger partial charge is 0.164 e. The minimum atomic E-state index is 0. The predicted molar refractivity (Wildman–Crippen MR) is 89.2 cm³/mol. The van der Waals surface area contributed by atoms with Gasteiger partial charge in [0.05, 0.1) is 21.3 Å². The van der Waals surface area contributed by atoms with Crippen molar-refractivity contribution in [2.24, 2.45) is 0 Å². The van der Waals surface area contributed by atoms with Gasteiger partial charge in [0.25, 0.3) is 0 Å². The van der Waals surface area contributed by atoms with Crippen molar-refractivity contribution in [3.05, 3.63) is 17.7 Å². The number of methoxy groups -OCH3 is 3. The molecule has 0 atom stereocenters. The van der Waals surface area contributed by atoms with Gasteiger partial charge in [-0.1, -0.05) is 26.2 Å². The van der Waals surface area contributed by atoms with Crippen LogP contribution in [-0.4, -0.2) is 27.9 Å². The summed E-state index contributed by atoms with van der Waals surface area (Å²) >= 11 is 0. The molecule has 122 valence electrons. The highest BCUT2D eigenvalue weighted by atomic mass is 35.5. The minimum absolute atomic E-state index is 0. The van der Waals surface area contributed by atoms with E-state index in [0.717, 1.165) is 30.2 Å². The molecule has 0 bridgehead atoms. The Kier molecular flexibility index (Phi) is 10.9. The average molecular weight is 318 g/mol. The van der Waals surface area contributed by atoms with Crippen molar-refractivity contribution in [3.8, 4) is 17.2 Å². The van der Waals surface area contributed by atoms with Gasteiger partial charge in [-0.3, -0.25) is 0 Å². The van der Waals surface area contributed by atoms with E-state index in [1.54, 1.807) is 21.3 Å². The molecular formula is C16H28ClNO3. The quantitative estimate of drug-likeness (QED) is 0.666. The Balaban J connectivity index is 0.00000400. The molecule has 0 spiro atoms. The van der Waals surface area contributed by atoms with Crippen LogP contribution < -0.4 is 19.5 Å². The second-order valence-electron chi connectivity index (χ2n) is 4.76. The SMILES string of the molecule is CCCCCCNCc1cc(OC)c(OC)cc1OC.Cl. The molecule has 0 saturated heterocycles. The van der Waals surface area contributed by atoms with Gasteiger partial charge in [0, 0.05) is 18.2 Å². The molecule has 0 aliphatic carbocycles. The van der Waals surface area contributed by atoms with E-state index in [4.69, 9.17) is 14.2 Å². The van der Waals surface area contributed by atoms with Gasteiger partial charge in [-0.25, -0.2) is 0 Å². The maximum Gasteiger partial charge on any atom is 0.164 e. The van der Waals surface area contributed by atoms with Gasteiger partial charge in [-0.2, -0.15) is 0 Å². The summed E-state index contributed by atoms with van der Waals surface area (Å²) in [5.74, 6) is 2.25. The maximum absolute atomic E-state index is 5.41. The van der Waals surface area contributed by atoms with E-state index in [9.17, 15) is 0 Å². The number of rotatable bonds is 10. The van der Waals surface area contributed by atoms with Crippen molar-refractivity contribution in [3.63, 3.8) is 0 Å². The molecule has 0 aromatic heterocycles. The monoisotopic (exact) mass is 317 g/mol. The summed E-state index contributed by atoms with van der Waals surface area (Å²) in [5, 5.41) is 3.45. The molecule has 0 heterocycles. The predicted octanol–water partition coefficient (Wildman–Crippen LogP) is 3.80. The normalized spacial score (nSPS) is 9.90. The lowest BCUT2D eigenvalue weighted by molar-refractivity contribution is 0.347. The molecule has 0 aliphatic rings. The van der Waals surface area contributed by atoms with Crippen LogP contribution in [0.15, 0.2) is 12.1 Å². The Morgan fingerprint density at radius 3 is 2.05 bits per heavy atom. The second-order valence-corrected chi connectivity index (χ2v) is 4.76. The maximum atomic E-state index is 5.41. The molecule has 1 N–H and O–H groups in total. The van der Waals surface area contributed by atoms with E-state index in [1.807, 2.05) is 12.1 Å². The largest absolute Gasteiger partial charge is 0.496 e. The zero-order chi connectivity index (χ0) is 14.8. The van der Waals surface area contributed by atoms with E-state index in [2.05, 4.69) is 12.2 Å². The summed E-state index contributed by atoms with van der Waals surface area (Å²) in [6.45, 7) is 4.02. The van der Waals surface area contributed by atoms with Crippen molar-refractivity contribution in [1.82, 2.24) is 5.32 Å². The van der Waals surface area contributed by atoms with Crippen LogP contribution in [-0.2, 0) is 6.54 Å². The van der Waals surface area contributed by atoms with E-state index in [1.165, 1.54) is 25.7 Å². The van der Waals surface area contributed by atoms with E-state index in [0.29, 0.717) is 5.75 Å². The highest BCUT2D eigenvalue weighted by Gasteiger charge is 2.11. The Morgan fingerprint density at radius 1 is 0.857 bits per heavy atom. The lowest BCUT2D eigenvalue weighted by atomic mass is 10.1. The molecule has 0 fully saturated rings. The molecule has 5 heteroatoms. The zero-order valence-corrected chi connectivity index (χ0v) is 14.3. The lowest BCUT2D eigenvalue weighted by Crippen LogP contribution is -2.15. The summed E-state index contributed by atoms with van der Waals surface area (Å²) in [5.41, 5.74) is 1.08. The molecular weight excluding hydrogens is 290 g/mol. The molecule has 1 rings (SSSR count). The topological polar surface area (TPSA) is 39.7 Å². The van der Waals surface area contributed by atoms with Crippen LogP contribution in [0.1, 0.15) is 38.2 Å². The number of halogens is 1. The van der Waals surface area contributed by atoms with Crippen molar-refractivity contribution in [2.45, 2.75) is 39.2 Å². The Bertz CT molecular complexity index is 399. The third kappa shape index (κ3) is 6.44. The van der Waals surface area contributed by atoms with E-state index < -0.39 is 0 Å². The van der Waals surface area contributed by atoms with Crippen molar-refractivity contribution in [2.75, 3.05) is 27.9 Å². The second kappa shape index (κ2) is 11.5. The van der Waals surface area contributed by atoms with Crippen LogP contribution in [0.3, 0.4) is 0 Å². The molecule has 0 radical (unpaired) electrons. The molecule has 21 heavy (non-hydrogen) atoms. The Labute approximate surface area is 134 Å². The summed E-state index contributed by atoms with van der Waals surface area (Å²) < 4.78 is 16.0. The lowest BCUT2D eigenvalue weighted by Gasteiger charge is -2.14. The average Bonchev–Trinajstić information content (AvgIpc) is 2.49. The number of nitrogens with one attached hydrogen (secondary N) is 1. The van der Waals surface area contributed by atoms with Crippen LogP contribution in [0.2, 0.25) is 0 Å². The number of ether oxygens (including phenoxy) is 3. The highest BCUT2D eigenvalue weighted by Crippen LogP contribution is 2.34. The first-order valence-electron chi connectivity index (χ1n) is 7.26. The summed E-state index contributed by atoms with van der Waals surface area (Å²) in [6, 6.07) is 3.84. The van der Waals surface area contributed by atoms with Gasteiger partial charge in [0.1, 0.15) is 5.75 Å².